The van der Waals surface area contributed by atoms with Crippen LogP contribution in [0, 0.1) is 24.6 Å². The van der Waals surface area contributed by atoms with E-state index in [-0.39, 0.29) is 108 Å². The quantitative estimate of drug-likeness (QED) is 0.0100. The number of carboxylic acid groups (broad SMARTS) is 1. The number of thiophene rings is 1. The molecule has 34 heteroatoms. The van der Waals surface area contributed by atoms with Gasteiger partial charge in [-0.2, -0.15) is 0 Å². The summed E-state index contributed by atoms with van der Waals surface area (Å²) in [6, 6.07) is 27.3. The summed E-state index contributed by atoms with van der Waals surface area (Å²) in [5, 5.41) is 28.2. The minimum absolute atomic E-state index is 0.00492. The summed E-state index contributed by atoms with van der Waals surface area (Å²) in [4.78, 5) is 155. The first-order chi connectivity index (χ1) is 58.0. The number of piperazine rings is 1. The van der Waals surface area contributed by atoms with Crippen molar-refractivity contribution in [2.45, 2.75) is 137 Å². The lowest BCUT2D eigenvalue weighted by molar-refractivity contribution is -0.926. The second kappa shape index (κ2) is 43.4. The first-order valence-corrected chi connectivity index (χ1v) is 41.5. The number of likely N-dealkylation sites (N-methyl/N-ethyl adjacent to an activating group) is 2. The highest BCUT2D eigenvalue weighted by atomic mass is 35.5. The number of rotatable bonds is 43. The highest BCUT2D eigenvalue weighted by Crippen LogP contribution is 2.50. The summed E-state index contributed by atoms with van der Waals surface area (Å²) >= 11 is 8.63. The second-order valence-electron chi connectivity index (χ2n) is 30.8. The third-order valence-electron chi connectivity index (χ3n) is 21.1. The number of primary amides is 1. The number of hydrogen-bond acceptors (Lipinski definition) is 21. The lowest BCUT2D eigenvalue weighted by Crippen LogP contribution is -2.57. The number of benzene rings is 5. The lowest BCUT2D eigenvalue weighted by atomic mass is 9.96. The Hall–Kier alpha value is -11.8. The maximum Gasteiger partial charge on any atom is 0.345 e. The van der Waals surface area contributed by atoms with E-state index in [2.05, 4.69) is 58.8 Å². The number of imide groups is 1. The van der Waals surface area contributed by atoms with E-state index in [1.165, 1.54) is 48.5 Å². The lowest BCUT2D eigenvalue weighted by Gasteiger charge is -2.42. The van der Waals surface area contributed by atoms with Gasteiger partial charge in [0.05, 0.1) is 68.7 Å². The number of anilines is 1. The number of aromatic nitrogens is 4. The van der Waals surface area contributed by atoms with Gasteiger partial charge in [0.1, 0.15) is 72.1 Å². The molecular formula is C87H106ClFN15O16S+. The number of nitrogens with two attached hydrogens (primary N) is 1. The van der Waals surface area contributed by atoms with Crippen molar-refractivity contribution in [2.24, 2.45) is 17.6 Å². The fourth-order valence-corrected chi connectivity index (χ4v) is 15.9. The van der Waals surface area contributed by atoms with Gasteiger partial charge in [0.25, 0.3) is 0 Å². The van der Waals surface area contributed by atoms with E-state index in [1.807, 2.05) is 43.3 Å². The van der Waals surface area contributed by atoms with E-state index in [4.69, 9.17) is 46.0 Å². The van der Waals surface area contributed by atoms with Gasteiger partial charge in [-0.25, -0.2) is 33.9 Å². The number of urea groups is 1. The van der Waals surface area contributed by atoms with Crippen LogP contribution in [0.3, 0.4) is 0 Å². The highest BCUT2D eigenvalue weighted by Gasteiger charge is 2.37. The minimum Gasteiger partial charge on any atom is -0.496 e. The topological polar surface area (TPSA) is 397 Å². The fourth-order valence-electron chi connectivity index (χ4n) is 14.5. The molecular weight excluding hydrogens is 1600 g/mol. The van der Waals surface area contributed by atoms with Gasteiger partial charge in [0, 0.05) is 113 Å². The zero-order chi connectivity index (χ0) is 87.0. The summed E-state index contributed by atoms with van der Waals surface area (Å²) in [7, 11) is 5.36. The van der Waals surface area contributed by atoms with Crippen LogP contribution in [0.4, 0.5) is 14.9 Å². The maximum atomic E-state index is 14.6. The number of carbonyl (C=O) groups excluding carboxylic acids is 9. The van der Waals surface area contributed by atoms with Crippen molar-refractivity contribution in [3.8, 4) is 56.1 Å². The molecule has 5 atom stereocenters. The van der Waals surface area contributed by atoms with Crippen LogP contribution in [0.2, 0.25) is 5.02 Å². The standard InChI is InChI=1S/C87H105ClFN15O16S/c1-52(2)77(100-72(107)32-42-117-43-39-103-73(108)45-53(3)84(103)111)81(110)99-66(20-16-34-93-87(90)115)80(109)98-62-28-25-59(60(46-62)48-101(7)85(112)67(96-56(6)106)19-14-15-33-91-55(5)105)49-104(8)40-36-102(37-41-104)38-44-118-70-30-29-64(54(4)76(70)88)74-75-82(94-51-95-83(75)121-78(74)57-23-26-61(89)27-24-57)120-71(86(113)114)47-58-17-10-12-21-68(58)119-50-63-31-35-92-79(97-63)65-18-11-13-22-69(65)116-9/h10-13,17-18,21-31,35,46,51-53,66-67,71,77H,14-16,19-20,32-34,36-45,47-50H2,1-9H3,(H8-,90,91,93,96,98,99,100,105,106,107,109,110,113,114,115)/p+1/t53?,66-,67-,71+,77-/m0/s1. The predicted octanol–water partition coefficient (Wildman–Crippen LogP) is 9.17. The predicted molar refractivity (Wildman–Crippen MR) is 453 cm³/mol. The summed E-state index contributed by atoms with van der Waals surface area (Å²) in [6.07, 6.45) is 2.94. The van der Waals surface area contributed by atoms with Crippen LogP contribution in [0.15, 0.2) is 122 Å². The molecule has 2 fully saturated rings. The molecule has 0 aliphatic carbocycles. The number of carboxylic acids is 1. The van der Waals surface area contributed by atoms with Gasteiger partial charge in [-0.3, -0.25) is 48.2 Å². The van der Waals surface area contributed by atoms with Crippen LogP contribution in [-0.4, -0.2) is 221 Å². The molecule has 2 aliphatic heterocycles. The minimum atomic E-state index is -1.48. The third-order valence-corrected chi connectivity index (χ3v) is 22.8. The van der Waals surface area contributed by atoms with Crippen LogP contribution in [0.1, 0.15) is 108 Å². The molecule has 5 aromatic carbocycles. The Balaban J connectivity index is 0.822. The van der Waals surface area contributed by atoms with Crippen molar-refractivity contribution in [1.82, 2.24) is 61.2 Å². The molecule has 0 saturated carbocycles. The fraction of sp³-hybridized carbons (Fsp3) is 0.425. The Kier molecular flexibility index (Phi) is 32.9. The van der Waals surface area contributed by atoms with Crippen LogP contribution in [-0.2, 0) is 74.0 Å². The molecule has 5 heterocycles. The van der Waals surface area contributed by atoms with Crippen molar-refractivity contribution >= 4 is 98.1 Å². The number of quaternary nitrogens is 1. The van der Waals surface area contributed by atoms with Gasteiger partial charge in [0.15, 0.2) is 5.82 Å². The number of nitrogens with one attached hydrogen (secondary N) is 6. The molecule has 2 saturated heterocycles. The van der Waals surface area contributed by atoms with Crippen LogP contribution >= 0.6 is 22.9 Å². The average molecular weight is 1700 g/mol. The van der Waals surface area contributed by atoms with Gasteiger partial charge >= 0.3 is 12.0 Å². The normalized spacial score (nSPS) is 14.9. The van der Waals surface area contributed by atoms with Crippen LogP contribution in [0.25, 0.3) is 43.2 Å². The number of fused-ring (bicyclic) bond motifs is 1. The number of hydrogen-bond donors (Lipinski definition) is 8. The Bertz CT molecular complexity index is 5030. The van der Waals surface area contributed by atoms with Crippen molar-refractivity contribution in [3.63, 3.8) is 0 Å². The number of amides is 10. The second-order valence-corrected chi connectivity index (χ2v) is 32.2. The van der Waals surface area contributed by atoms with Gasteiger partial charge in [0.2, 0.25) is 59.2 Å². The van der Waals surface area contributed by atoms with Gasteiger partial charge in [-0.1, -0.05) is 87.0 Å². The van der Waals surface area contributed by atoms with Gasteiger partial charge in [-0.15, -0.1) is 11.3 Å². The van der Waals surface area contributed by atoms with Crippen molar-refractivity contribution in [1.29, 1.82) is 0 Å². The molecule has 3 aromatic heterocycles. The number of aliphatic carboxylic acids is 1. The molecule has 0 spiro atoms. The zero-order valence-electron chi connectivity index (χ0n) is 69.5. The summed E-state index contributed by atoms with van der Waals surface area (Å²) in [6.45, 7) is 14.3. The van der Waals surface area contributed by atoms with E-state index in [1.54, 1.807) is 102 Å². The number of halogens is 2. The largest absolute Gasteiger partial charge is 0.496 e. The number of ether oxygens (including phenoxy) is 5. The monoisotopic (exact) mass is 1700 g/mol. The molecule has 0 bridgehead atoms. The molecule has 8 aromatic rings. The number of nitrogens with zero attached hydrogens (tertiary/aromatic N) is 8. The highest BCUT2D eigenvalue weighted by molar-refractivity contribution is 7.22. The van der Waals surface area contributed by atoms with Crippen LogP contribution < -0.4 is 56.6 Å². The molecule has 0 radical (unpaired) electrons. The van der Waals surface area contributed by atoms with E-state index in [0.717, 1.165) is 10.5 Å². The number of likely N-dealkylation sites (tertiary alicyclic amines) is 1. The summed E-state index contributed by atoms with van der Waals surface area (Å²) in [5.41, 5.74) is 11.6. The Morgan fingerprint density at radius 2 is 1.50 bits per heavy atom. The van der Waals surface area contributed by atoms with E-state index in [9.17, 15) is 57.4 Å². The smallest absolute Gasteiger partial charge is 0.345 e. The zero-order valence-corrected chi connectivity index (χ0v) is 71.0. The Morgan fingerprint density at radius 3 is 2.20 bits per heavy atom. The number of para-hydroxylation sites is 2. The molecule has 31 nitrogen and oxygen atoms in total. The molecule has 10 rings (SSSR count). The molecule has 121 heavy (non-hydrogen) atoms. The summed E-state index contributed by atoms with van der Waals surface area (Å²) in [5.74, 6) is -3.97. The summed E-state index contributed by atoms with van der Waals surface area (Å²) < 4.78 is 45.7. The average Bonchev–Trinajstić information content (AvgIpc) is 1.60. The molecule has 9 N–H and O–H groups in total. The number of carbonyl (C=O) groups is 10. The van der Waals surface area contributed by atoms with E-state index in [0.29, 0.717) is 163 Å². The number of methoxy groups -OCH3 is 1. The third kappa shape index (κ3) is 25.4. The van der Waals surface area contributed by atoms with E-state index >= 15 is 0 Å². The first-order valence-electron chi connectivity index (χ1n) is 40.3. The molecule has 2 aliphatic rings. The van der Waals surface area contributed by atoms with Crippen LogP contribution in [0.5, 0.6) is 23.1 Å². The Morgan fingerprint density at radius 1 is 0.769 bits per heavy atom. The van der Waals surface area contributed by atoms with Gasteiger partial charge < -0.3 is 75.8 Å². The van der Waals surface area contributed by atoms with Crippen molar-refractivity contribution in [3.05, 3.63) is 161 Å². The van der Waals surface area contributed by atoms with Crippen molar-refractivity contribution in [2.75, 3.05) is 98.7 Å². The first kappa shape index (κ1) is 91.5. The van der Waals surface area contributed by atoms with E-state index < -0.39 is 77.5 Å². The number of unbranched alkanes of at least 4 members (excludes halogenated alkanes) is 1. The molecule has 10 amide bonds. The van der Waals surface area contributed by atoms with Gasteiger partial charge in [-0.05, 0) is 127 Å². The molecule has 1 unspecified atom stereocenters. The molecule has 644 valence electrons. The van der Waals surface area contributed by atoms with Crippen molar-refractivity contribution < 1.29 is 85.6 Å². The Labute approximate surface area is 710 Å². The SMILES string of the molecule is COc1ccccc1-c1nccc(COc2ccccc2C[C@@H](Oc2ncnc3sc(-c4ccc(F)cc4)c(-c4ccc(OCCN5CC[N+](C)(Cc6ccc(NC(=O)[C@H](CCCNC(N)=O)NC(=O)[C@@H](NC(=O)CCOCCN7C(=O)CC(C)C7=O)C(C)C)cc6CN(C)C(=O)[C@H](CCCCNC(C)=O)NC(C)=O)CC5)c(Cl)c4C)c23)C(=O)O)n1. The maximum absolute atomic E-state index is 14.6.